The van der Waals surface area contributed by atoms with Crippen molar-refractivity contribution in [3.63, 3.8) is 0 Å². The summed E-state index contributed by atoms with van der Waals surface area (Å²) in [6.07, 6.45) is 2.41. The third-order valence-corrected chi connectivity index (χ3v) is 6.28. The smallest absolute Gasteiger partial charge is 0.269 e. The molecular formula is C23H24N4O3S. The Morgan fingerprint density at radius 1 is 1.10 bits per heavy atom. The monoisotopic (exact) mass is 436 g/mol. The number of carbonyl (C=O) groups is 1. The van der Waals surface area contributed by atoms with E-state index in [0.29, 0.717) is 13.0 Å². The van der Waals surface area contributed by atoms with E-state index in [-0.39, 0.29) is 11.6 Å². The molecule has 0 spiro atoms. The van der Waals surface area contributed by atoms with Gasteiger partial charge in [0.25, 0.3) is 5.69 Å². The molecule has 4 rings (SSSR count). The number of nitro benzene ring substituents is 1. The number of carbonyl (C=O) groups excluding carboxylic acids is 1. The van der Waals surface area contributed by atoms with Crippen molar-refractivity contribution in [1.29, 1.82) is 0 Å². The molecule has 1 fully saturated rings. The third kappa shape index (κ3) is 4.91. The van der Waals surface area contributed by atoms with E-state index in [1.54, 1.807) is 23.5 Å². The highest BCUT2D eigenvalue weighted by Gasteiger charge is 2.19. The fourth-order valence-electron chi connectivity index (χ4n) is 3.71. The number of benzene rings is 2. The molecular weight excluding hydrogens is 412 g/mol. The van der Waals surface area contributed by atoms with Crippen LogP contribution in [0.15, 0.2) is 58.9 Å². The first-order valence-corrected chi connectivity index (χ1v) is 11.2. The highest BCUT2D eigenvalue weighted by atomic mass is 32.1. The van der Waals surface area contributed by atoms with Gasteiger partial charge in [-0.3, -0.25) is 14.9 Å². The molecule has 0 bridgehead atoms. The van der Waals surface area contributed by atoms with Gasteiger partial charge < -0.3 is 9.47 Å². The SMILES string of the molecule is Cc1ccc(N=c2scc(-c3ccc([N+](=O)[O-])cc3)n2CCCN2CCCC2=O)cc1. The van der Waals surface area contributed by atoms with Crippen LogP contribution in [0.1, 0.15) is 24.8 Å². The standard InChI is InChI=1S/C23H24N4O3S/c1-17-5-9-19(10-6-17)24-23-26(15-3-14-25-13-2-4-22(25)28)21(16-31-23)18-7-11-20(12-8-18)27(29)30/h5-12,16H,2-4,13-15H2,1H3. The summed E-state index contributed by atoms with van der Waals surface area (Å²) in [6, 6.07) is 14.7. The lowest BCUT2D eigenvalue weighted by Crippen LogP contribution is -2.27. The van der Waals surface area contributed by atoms with Gasteiger partial charge in [-0.05, 0) is 49.6 Å². The Hall–Kier alpha value is -3.26. The molecule has 1 amide bonds. The van der Waals surface area contributed by atoms with Gasteiger partial charge >= 0.3 is 0 Å². The van der Waals surface area contributed by atoms with Crippen LogP contribution in [0.3, 0.4) is 0 Å². The zero-order valence-corrected chi connectivity index (χ0v) is 18.2. The minimum absolute atomic E-state index is 0.0719. The lowest BCUT2D eigenvalue weighted by atomic mass is 10.1. The predicted molar refractivity (Wildman–Crippen MR) is 121 cm³/mol. The molecule has 2 heterocycles. The summed E-state index contributed by atoms with van der Waals surface area (Å²) in [6.45, 7) is 4.32. The van der Waals surface area contributed by atoms with Crippen LogP contribution in [0.5, 0.6) is 0 Å². The molecule has 0 N–H and O–H groups in total. The van der Waals surface area contributed by atoms with E-state index in [2.05, 4.69) is 4.57 Å². The molecule has 1 aliphatic heterocycles. The topological polar surface area (TPSA) is 80.7 Å². The van der Waals surface area contributed by atoms with Crippen LogP contribution >= 0.6 is 11.3 Å². The van der Waals surface area contributed by atoms with Crippen LogP contribution in [0.4, 0.5) is 11.4 Å². The van der Waals surface area contributed by atoms with E-state index < -0.39 is 4.92 Å². The summed E-state index contributed by atoms with van der Waals surface area (Å²) in [5, 5.41) is 13.0. The number of amides is 1. The van der Waals surface area contributed by atoms with Gasteiger partial charge in [-0.1, -0.05) is 17.7 Å². The first-order chi connectivity index (χ1) is 15.0. The molecule has 1 aliphatic rings. The Kier molecular flexibility index (Phi) is 6.27. The highest BCUT2D eigenvalue weighted by Crippen LogP contribution is 2.24. The van der Waals surface area contributed by atoms with E-state index in [1.807, 2.05) is 41.5 Å². The van der Waals surface area contributed by atoms with E-state index in [9.17, 15) is 14.9 Å². The zero-order valence-electron chi connectivity index (χ0n) is 17.4. The second-order valence-electron chi connectivity index (χ2n) is 7.64. The van der Waals surface area contributed by atoms with Crippen LogP contribution in [0, 0.1) is 17.0 Å². The number of hydrogen-bond donors (Lipinski definition) is 0. The lowest BCUT2D eigenvalue weighted by Gasteiger charge is -2.16. The fraction of sp³-hybridized carbons (Fsp3) is 0.304. The van der Waals surface area contributed by atoms with Crippen LogP contribution in [0.25, 0.3) is 11.3 Å². The first kappa shape index (κ1) is 21.0. The molecule has 1 aromatic heterocycles. The number of hydrogen-bond acceptors (Lipinski definition) is 5. The first-order valence-electron chi connectivity index (χ1n) is 10.3. The molecule has 8 heteroatoms. The number of likely N-dealkylation sites (tertiary alicyclic amines) is 1. The maximum absolute atomic E-state index is 11.9. The molecule has 160 valence electrons. The molecule has 2 aromatic carbocycles. The average Bonchev–Trinajstić information content (AvgIpc) is 3.36. The molecule has 0 aliphatic carbocycles. The van der Waals surface area contributed by atoms with Gasteiger partial charge in [0.2, 0.25) is 5.91 Å². The summed E-state index contributed by atoms with van der Waals surface area (Å²) < 4.78 is 2.15. The second-order valence-corrected chi connectivity index (χ2v) is 8.48. The molecule has 1 saturated heterocycles. The van der Waals surface area contributed by atoms with Gasteiger partial charge in [0.1, 0.15) is 0 Å². The fourth-order valence-corrected chi connectivity index (χ4v) is 4.66. The van der Waals surface area contributed by atoms with Crippen molar-refractivity contribution in [3.8, 4) is 11.3 Å². The second kappa shape index (κ2) is 9.26. The number of rotatable bonds is 7. The van der Waals surface area contributed by atoms with Crippen LogP contribution in [0.2, 0.25) is 0 Å². The van der Waals surface area contributed by atoms with Crippen LogP contribution < -0.4 is 4.80 Å². The molecule has 0 radical (unpaired) electrons. The molecule has 0 atom stereocenters. The summed E-state index contributed by atoms with van der Waals surface area (Å²) in [5.41, 5.74) is 4.01. The summed E-state index contributed by atoms with van der Waals surface area (Å²) in [4.78, 5) is 30.2. The van der Waals surface area contributed by atoms with Crippen LogP contribution in [-0.2, 0) is 11.3 Å². The van der Waals surface area contributed by atoms with Gasteiger partial charge in [0.05, 0.1) is 16.3 Å². The molecule has 0 unspecified atom stereocenters. The number of thiazole rings is 1. The van der Waals surface area contributed by atoms with Crippen molar-refractivity contribution in [1.82, 2.24) is 9.47 Å². The number of aryl methyl sites for hydroxylation is 1. The van der Waals surface area contributed by atoms with Crippen molar-refractivity contribution in [2.24, 2.45) is 4.99 Å². The van der Waals surface area contributed by atoms with Crippen molar-refractivity contribution >= 4 is 28.6 Å². The Labute approximate surface area is 184 Å². The molecule has 31 heavy (non-hydrogen) atoms. The maximum Gasteiger partial charge on any atom is 0.269 e. The molecule has 7 nitrogen and oxygen atoms in total. The highest BCUT2D eigenvalue weighted by molar-refractivity contribution is 7.07. The van der Waals surface area contributed by atoms with Crippen molar-refractivity contribution in [3.05, 3.63) is 74.4 Å². The summed E-state index contributed by atoms with van der Waals surface area (Å²) >= 11 is 1.55. The van der Waals surface area contributed by atoms with Crippen molar-refractivity contribution in [2.75, 3.05) is 13.1 Å². The van der Waals surface area contributed by atoms with Gasteiger partial charge in [-0.2, -0.15) is 0 Å². The van der Waals surface area contributed by atoms with E-state index in [4.69, 9.17) is 4.99 Å². The zero-order chi connectivity index (χ0) is 21.8. The largest absolute Gasteiger partial charge is 0.343 e. The molecule has 0 saturated carbocycles. The number of non-ortho nitro benzene ring substituents is 1. The van der Waals surface area contributed by atoms with Gasteiger partial charge in [-0.25, -0.2) is 4.99 Å². The van der Waals surface area contributed by atoms with E-state index >= 15 is 0 Å². The Morgan fingerprint density at radius 2 is 1.84 bits per heavy atom. The Balaban J connectivity index is 1.65. The Bertz CT molecular complexity index is 1150. The third-order valence-electron chi connectivity index (χ3n) is 5.41. The van der Waals surface area contributed by atoms with Gasteiger partial charge in [-0.15, -0.1) is 11.3 Å². The van der Waals surface area contributed by atoms with Crippen molar-refractivity contribution in [2.45, 2.75) is 32.7 Å². The maximum atomic E-state index is 11.9. The average molecular weight is 437 g/mol. The predicted octanol–water partition coefficient (Wildman–Crippen LogP) is 4.68. The summed E-state index contributed by atoms with van der Waals surface area (Å²) in [7, 11) is 0. The number of aromatic nitrogens is 1. The minimum Gasteiger partial charge on any atom is -0.343 e. The van der Waals surface area contributed by atoms with Crippen LogP contribution in [-0.4, -0.2) is 33.4 Å². The normalized spacial score (nSPS) is 14.4. The minimum atomic E-state index is -0.392. The number of nitrogens with zero attached hydrogens (tertiary/aromatic N) is 4. The van der Waals surface area contributed by atoms with Gasteiger partial charge in [0.15, 0.2) is 4.80 Å². The molecule has 3 aromatic rings. The van der Waals surface area contributed by atoms with E-state index in [1.165, 1.54) is 17.7 Å². The van der Waals surface area contributed by atoms with Gasteiger partial charge in [0, 0.05) is 43.6 Å². The summed E-state index contributed by atoms with van der Waals surface area (Å²) in [5.74, 6) is 0.232. The quantitative estimate of drug-likeness (QED) is 0.398. The van der Waals surface area contributed by atoms with Crippen molar-refractivity contribution < 1.29 is 9.72 Å². The Morgan fingerprint density at radius 3 is 2.48 bits per heavy atom. The lowest BCUT2D eigenvalue weighted by molar-refractivity contribution is -0.384. The number of nitro groups is 1. The van der Waals surface area contributed by atoms with E-state index in [0.717, 1.165) is 47.7 Å².